The highest BCUT2D eigenvalue weighted by atomic mass is 16.6. The van der Waals surface area contributed by atoms with Gasteiger partial charge in [-0.05, 0) is 88.4 Å². The van der Waals surface area contributed by atoms with Gasteiger partial charge in [-0.2, -0.15) is 0 Å². The molecule has 4 aliphatic heterocycles. The maximum absolute atomic E-state index is 13.0. The summed E-state index contributed by atoms with van der Waals surface area (Å²) in [5, 5.41) is 0. The van der Waals surface area contributed by atoms with Gasteiger partial charge in [0.05, 0.1) is 6.61 Å². The summed E-state index contributed by atoms with van der Waals surface area (Å²) in [6, 6.07) is 9.75. The fourth-order valence-corrected chi connectivity index (χ4v) is 7.44. The number of carbonyl (C=O) groups is 2. The molecule has 2 aliphatic carbocycles. The lowest BCUT2D eigenvalue weighted by Gasteiger charge is -2.50. The minimum absolute atomic E-state index is 0.0938. The molecule has 6 heteroatoms. The summed E-state index contributed by atoms with van der Waals surface area (Å²) < 4.78 is 5.37. The van der Waals surface area contributed by atoms with Crippen LogP contribution in [-0.2, 0) is 21.5 Å². The number of amides is 2. The lowest BCUT2D eigenvalue weighted by atomic mass is 9.68. The highest BCUT2D eigenvalue weighted by Gasteiger charge is 2.47. The predicted molar refractivity (Wildman–Crippen MR) is 130 cm³/mol. The van der Waals surface area contributed by atoms with E-state index < -0.39 is 0 Å². The van der Waals surface area contributed by atoms with E-state index >= 15 is 0 Å². The van der Waals surface area contributed by atoms with E-state index in [1.807, 2.05) is 11.8 Å². The van der Waals surface area contributed by atoms with E-state index in [-0.39, 0.29) is 17.4 Å². The molecule has 3 atom stereocenters. The van der Waals surface area contributed by atoms with Crippen LogP contribution in [0.2, 0.25) is 0 Å². The van der Waals surface area contributed by atoms with E-state index in [9.17, 15) is 9.59 Å². The van der Waals surface area contributed by atoms with E-state index in [2.05, 4.69) is 34.1 Å². The van der Waals surface area contributed by atoms with Crippen LogP contribution in [-0.4, -0.2) is 71.6 Å². The van der Waals surface area contributed by atoms with Crippen molar-refractivity contribution >= 4 is 12.0 Å². The van der Waals surface area contributed by atoms with Crippen molar-refractivity contribution in [3.63, 3.8) is 0 Å². The topological polar surface area (TPSA) is 53.1 Å². The third kappa shape index (κ3) is 4.02. The molecular formula is C28H39N3O3. The normalized spacial score (nSPS) is 30.7. The first kappa shape index (κ1) is 22.4. The summed E-state index contributed by atoms with van der Waals surface area (Å²) in [5.74, 6) is 1.26. The van der Waals surface area contributed by atoms with Gasteiger partial charge in [0.1, 0.15) is 0 Å². The molecule has 3 saturated heterocycles. The van der Waals surface area contributed by atoms with Crippen molar-refractivity contribution in [3.05, 3.63) is 35.4 Å². The molecule has 2 amide bonds. The number of hydrogen-bond acceptors (Lipinski definition) is 4. The molecule has 184 valence electrons. The van der Waals surface area contributed by atoms with E-state index in [1.54, 1.807) is 0 Å². The fraction of sp³-hybridized carbons (Fsp3) is 0.714. The van der Waals surface area contributed by atoms with E-state index in [4.69, 9.17) is 4.74 Å². The van der Waals surface area contributed by atoms with Gasteiger partial charge in [0.25, 0.3) is 0 Å². The van der Waals surface area contributed by atoms with Crippen molar-refractivity contribution in [3.8, 4) is 0 Å². The summed E-state index contributed by atoms with van der Waals surface area (Å²) in [6.45, 7) is 7.05. The van der Waals surface area contributed by atoms with Crippen LogP contribution in [0.25, 0.3) is 0 Å². The van der Waals surface area contributed by atoms with Crippen molar-refractivity contribution in [2.75, 3.05) is 32.8 Å². The predicted octanol–water partition coefficient (Wildman–Crippen LogP) is 4.17. The molecule has 2 bridgehead atoms. The quantitative estimate of drug-likeness (QED) is 0.672. The highest BCUT2D eigenvalue weighted by molar-refractivity contribution is 5.81. The standard InChI is InChI=1S/C28H39N3O3/c1-2-34-27(33)31-17-20-7-10-23(31)16-24(15-20)29-13-11-28(12-14-29)19-30(26(32)21-8-9-21)18-22-5-3-4-6-25(22)28/h3-6,20-21,23-24H,2,7-19H2,1H3. The first-order valence-corrected chi connectivity index (χ1v) is 13.6. The van der Waals surface area contributed by atoms with Gasteiger partial charge in [0.2, 0.25) is 5.91 Å². The van der Waals surface area contributed by atoms with Crippen LogP contribution in [0, 0.1) is 11.8 Å². The van der Waals surface area contributed by atoms with Crippen LogP contribution >= 0.6 is 0 Å². The van der Waals surface area contributed by atoms with Crippen molar-refractivity contribution < 1.29 is 14.3 Å². The Kier molecular flexibility index (Phi) is 5.83. The Morgan fingerprint density at radius 2 is 1.82 bits per heavy atom. The highest BCUT2D eigenvalue weighted by Crippen LogP contribution is 2.45. The zero-order valence-electron chi connectivity index (χ0n) is 20.6. The third-order valence-electron chi connectivity index (χ3n) is 9.41. The van der Waals surface area contributed by atoms with Gasteiger partial charge < -0.3 is 19.4 Å². The minimum atomic E-state index is -0.116. The zero-order chi connectivity index (χ0) is 23.3. The second-order valence-corrected chi connectivity index (χ2v) is 11.5. The molecule has 5 fully saturated rings. The first-order valence-electron chi connectivity index (χ1n) is 13.6. The molecule has 34 heavy (non-hydrogen) atoms. The molecule has 2 saturated carbocycles. The molecule has 6 aliphatic rings. The molecule has 7 rings (SSSR count). The average molecular weight is 466 g/mol. The van der Waals surface area contributed by atoms with E-state index in [0.717, 1.165) is 71.2 Å². The Balaban J connectivity index is 1.17. The van der Waals surface area contributed by atoms with Crippen molar-refractivity contribution in [2.45, 2.75) is 82.3 Å². The number of benzene rings is 1. The smallest absolute Gasteiger partial charge is 0.410 e. The monoisotopic (exact) mass is 465 g/mol. The fourth-order valence-electron chi connectivity index (χ4n) is 7.44. The molecule has 0 radical (unpaired) electrons. The van der Waals surface area contributed by atoms with Gasteiger partial charge >= 0.3 is 6.09 Å². The number of nitrogens with zero attached hydrogens (tertiary/aromatic N) is 3. The van der Waals surface area contributed by atoms with Crippen LogP contribution < -0.4 is 0 Å². The largest absolute Gasteiger partial charge is 0.450 e. The van der Waals surface area contributed by atoms with Gasteiger partial charge in [0, 0.05) is 43.1 Å². The first-order chi connectivity index (χ1) is 16.6. The zero-order valence-corrected chi connectivity index (χ0v) is 20.6. The SMILES string of the molecule is CCOC(=O)N1CC2CCC1CC(N1CCC3(CC1)CN(C(=O)C1CC1)Cc1ccccc13)C2. The number of fused-ring (bicyclic) bond motifs is 6. The molecule has 0 N–H and O–H groups in total. The van der Waals surface area contributed by atoms with Crippen LogP contribution in [0.5, 0.6) is 0 Å². The van der Waals surface area contributed by atoms with Gasteiger partial charge in [-0.25, -0.2) is 4.79 Å². The Labute approximate surface area is 203 Å². The van der Waals surface area contributed by atoms with Gasteiger partial charge in [0.15, 0.2) is 0 Å². The van der Waals surface area contributed by atoms with Gasteiger partial charge in [-0.3, -0.25) is 4.79 Å². The number of piperidine rings is 2. The van der Waals surface area contributed by atoms with Crippen LogP contribution in [0.4, 0.5) is 4.79 Å². The third-order valence-corrected chi connectivity index (χ3v) is 9.41. The van der Waals surface area contributed by atoms with Crippen molar-refractivity contribution in [1.82, 2.24) is 14.7 Å². The summed E-state index contributed by atoms with van der Waals surface area (Å²) in [4.78, 5) is 32.5. The van der Waals surface area contributed by atoms with Gasteiger partial charge in [-0.15, -0.1) is 0 Å². The number of rotatable bonds is 3. The Hall–Kier alpha value is -2.08. The van der Waals surface area contributed by atoms with E-state index in [0.29, 0.717) is 30.5 Å². The number of likely N-dealkylation sites (tertiary alicyclic amines) is 1. The van der Waals surface area contributed by atoms with Crippen molar-refractivity contribution in [2.24, 2.45) is 11.8 Å². The molecule has 1 aromatic carbocycles. The second kappa shape index (κ2) is 8.85. The number of ether oxygens (including phenoxy) is 1. The van der Waals surface area contributed by atoms with Crippen molar-refractivity contribution in [1.29, 1.82) is 0 Å². The molecule has 0 aromatic heterocycles. The molecular weight excluding hydrogens is 426 g/mol. The summed E-state index contributed by atoms with van der Waals surface area (Å²) in [7, 11) is 0. The number of hydrogen-bond donors (Lipinski definition) is 0. The Bertz CT molecular complexity index is 937. The van der Waals surface area contributed by atoms with E-state index in [1.165, 1.54) is 24.0 Å². The maximum Gasteiger partial charge on any atom is 0.410 e. The van der Waals surface area contributed by atoms with Crippen LogP contribution in [0.3, 0.4) is 0 Å². The van der Waals surface area contributed by atoms with Crippen LogP contribution in [0.1, 0.15) is 69.4 Å². The molecule has 1 spiro atoms. The summed E-state index contributed by atoms with van der Waals surface area (Å²) >= 11 is 0. The van der Waals surface area contributed by atoms with Crippen LogP contribution in [0.15, 0.2) is 24.3 Å². The maximum atomic E-state index is 13.0. The Morgan fingerprint density at radius 3 is 2.59 bits per heavy atom. The minimum Gasteiger partial charge on any atom is -0.450 e. The molecule has 6 nitrogen and oxygen atoms in total. The lowest BCUT2D eigenvalue weighted by Crippen LogP contribution is -2.55. The van der Waals surface area contributed by atoms with Gasteiger partial charge in [-0.1, -0.05) is 24.3 Å². The molecule has 1 aromatic rings. The molecule has 3 unspecified atom stereocenters. The summed E-state index contributed by atoms with van der Waals surface area (Å²) in [6.07, 6.45) is 8.89. The average Bonchev–Trinajstić information content (AvgIpc) is 3.72. The second-order valence-electron chi connectivity index (χ2n) is 11.5. The summed E-state index contributed by atoms with van der Waals surface area (Å²) in [5.41, 5.74) is 2.94. The molecule has 4 heterocycles. The lowest BCUT2D eigenvalue weighted by molar-refractivity contribution is -0.135. The Morgan fingerprint density at radius 1 is 1.03 bits per heavy atom. The number of carbonyl (C=O) groups excluding carboxylic acids is 2.